The van der Waals surface area contributed by atoms with Crippen molar-refractivity contribution in [2.75, 3.05) is 5.73 Å². The number of hydrogen-bond donors (Lipinski definition) is 2. The summed E-state index contributed by atoms with van der Waals surface area (Å²) >= 11 is 0. The summed E-state index contributed by atoms with van der Waals surface area (Å²) < 4.78 is 23.9. The van der Waals surface area contributed by atoms with Gasteiger partial charge in [0.2, 0.25) is 12.2 Å². The van der Waals surface area contributed by atoms with Gasteiger partial charge in [-0.1, -0.05) is 37.3 Å². The van der Waals surface area contributed by atoms with Crippen LogP contribution in [0.15, 0.2) is 35.1 Å². The van der Waals surface area contributed by atoms with Crippen LogP contribution < -0.4 is 16.0 Å². The van der Waals surface area contributed by atoms with E-state index < -0.39 is 36.1 Å². The number of carbonyl (C=O) groups excluding carboxylic acids is 2. The number of H-pyrrole nitrogens is 1. The number of benzene rings is 1. The molecule has 1 aliphatic heterocycles. The number of hydrogen-bond acceptors (Lipinski definition) is 10. The fourth-order valence-corrected chi connectivity index (χ4v) is 3.49. The van der Waals surface area contributed by atoms with Crippen molar-refractivity contribution in [2.45, 2.75) is 51.9 Å². The highest BCUT2D eigenvalue weighted by Gasteiger charge is 2.43. The van der Waals surface area contributed by atoms with Crippen LogP contribution in [0.1, 0.15) is 38.5 Å². The molecule has 12 heteroatoms. The van der Waals surface area contributed by atoms with Gasteiger partial charge in [0.1, 0.15) is 6.61 Å². The number of nitrogen functional groups attached to an aromatic ring is 1. The number of carbonyl (C=O) groups is 2. The van der Waals surface area contributed by atoms with Crippen LogP contribution in [0.5, 0.6) is 6.01 Å². The number of nitrogens with two attached hydrogens (primary N) is 1. The minimum Gasteiger partial charge on any atom is -0.460 e. The molecule has 12 nitrogen and oxygen atoms in total. The number of fused-ring (bicyclic) bond motifs is 1. The van der Waals surface area contributed by atoms with E-state index >= 15 is 0 Å². The van der Waals surface area contributed by atoms with Gasteiger partial charge in [-0.05, 0) is 5.56 Å². The minimum absolute atomic E-state index is 0.00192. The number of nitrogens with one attached hydrogen (secondary N) is 1. The van der Waals surface area contributed by atoms with Gasteiger partial charge in [-0.3, -0.25) is 19.4 Å². The molecule has 0 amide bonds. The lowest BCUT2D eigenvalue weighted by atomic mass is 10.2. The fourth-order valence-electron chi connectivity index (χ4n) is 3.49. The third-order valence-electron chi connectivity index (χ3n) is 4.90. The second kappa shape index (κ2) is 9.28. The number of imidazole rings is 1. The predicted molar refractivity (Wildman–Crippen MR) is 114 cm³/mol. The van der Waals surface area contributed by atoms with E-state index in [1.807, 2.05) is 30.3 Å². The van der Waals surface area contributed by atoms with Crippen molar-refractivity contribution < 1.29 is 28.5 Å². The Morgan fingerprint density at radius 1 is 1.24 bits per heavy atom. The highest BCUT2D eigenvalue weighted by Crippen LogP contribution is 2.37. The van der Waals surface area contributed by atoms with E-state index in [4.69, 9.17) is 24.7 Å². The van der Waals surface area contributed by atoms with Gasteiger partial charge in [0, 0.05) is 13.3 Å². The van der Waals surface area contributed by atoms with Gasteiger partial charge >= 0.3 is 17.9 Å². The number of esters is 2. The maximum absolute atomic E-state index is 12.5. The Kier molecular flexibility index (Phi) is 6.27. The molecule has 174 valence electrons. The molecule has 33 heavy (non-hydrogen) atoms. The zero-order chi connectivity index (χ0) is 23.5. The molecule has 3 aromatic rings. The number of ether oxygens (including phenoxy) is 4. The van der Waals surface area contributed by atoms with Crippen LogP contribution in [0, 0.1) is 0 Å². The zero-order valence-electron chi connectivity index (χ0n) is 18.0. The maximum atomic E-state index is 12.5. The molecule has 1 aliphatic rings. The van der Waals surface area contributed by atoms with Gasteiger partial charge in [-0.15, -0.1) is 0 Å². The fraction of sp³-hybridized carbons (Fsp3) is 0.381. The van der Waals surface area contributed by atoms with E-state index in [0.717, 1.165) is 5.56 Å². The second-order valence-corrected chi connectivity index (χ2v) is 7.35. The smallest absolute Gasteiger partial charge is 0.307 e. The average Bonchev–Trinajstić information content (AvgIpc) is 3.32. The van der Waals surface area contributed by atoms with Crippen molar-refractivity contribution in [1.82, 2.24) is 19.5 Å². The molecule has 0 spiro atoms. The third-order valence-corrected chi connectivity index (χ3v) is 4.90. The first kappa shape index (κ1) is 22.3. The highest BCUT2D eigenvalue weighted by atomic mass is 16.7. The standard InChI is InChI=1S/C21H23N5O7/c1-3-14(28)32-15-9-13(31-11(2)27)19(33-15)26-17-16(18(29)25-20(22)24-17)23-21(26)30-10-12-7-5-4-6-8-12/h4-8,13,15,19H,3,9-10H2,1-2H3,(H3,22,24,25,29)/t13-,15-,19-/m1/s1. The van der Waals surface area contributed by atoms with E-state index in [2.05, 4.69) is 15.0 Å². The van der Waals surface area contributed by atoms with Gasteiger partial charge < -0.3 is 24.7 Å². The number of nitrogens with zero attached hydrogens (tertiary/aromatic N) is 3. The molecule has 0 saturated carbocycles. The van der Waals surface area contributed by atoms with Crippen LogP contribution in [-0.2, 0) is 30.4 Å². The van der Waals surface area contributed by atoms with Gasteiger partial charge in [0.05, 0.1) is 6.42 Å². The lowest BCUT2D eigenvalue weighted by Crippen LogP contribution is -2.26. The molecule has 0 radical (unpaired) electrons. The van der Waals surface area contributed by atoms with Gasteiger partial charge in [0.15, 0.2) is 23.5 Å². The van der Waals surface area contributed by atoms with Gasteiger partial charge in [-0.2, -0.15) is 9.97 Å². The molecular formula is C21H23N5O7. The summed E-state index contributed by atoms with van der Waals surface area (Å²) in [6.07, 6.45) is -2.66. The van der Waals surface area contributed by atoms with Crippen molar-refractivity contribution in [3.8, 4) is 6.01 Å². The number of aromatic nitrogens is 4. The molecule has 1 saturated heterocycles. The van der Waals surface area contributed by atoms with E-state index in [9.17, 15) is 14.4 Å². The molecular weight excluding hydrogens is 434 g/mol. The van der Waals surface area contributed by atoms with Crippen LogP contribution in [0.2, 0.25) is 0 Å². The van der Waals surface area contributed by atoms with Crippen LogP contribution in [0.25, 0.3) is 11.2 Å². The second-order valence-electron chi connectivity index (χ2n) is 7.35. The quantitative estimate of drug-likeness (QED) is 0.496. The molecule has 0 aliphatic carbocycles. The van der Waals surface area contributed by atoms with Crippen molar-refractivity contribution in [2.24, 2.45) is 0 Å². The summed E-state index contributed by atoms with van der Waals surface area (Å²) in [7, 11) is 0. The SMILES string of the molecule is CCC(=O)O[C@H]1C[C@@H](OC(C)=O)[C@H](n2c(OCc3ccccc3)nc3c(=O)[nH]c(N)nc32)O1. The Bertz CT molecular complexity index is 1220. The maximum Gasteiger partial charge on any atom is 0.307 e. The zero-order valence-corrected chi connectivity index (χ0v) is 18.0. The van der Waals surface area contributed by atoms with Crippen molar-refractivity contribution >= 4 is 29.1 Å². The number of rotatable bonds is 7. The summed E-state index contributed by atoms with van der Waals surface area (Å²) in [6, 6.07) is 9.32. The molecule has 2 aromatic heterocycles. The monoisotopic (exact) mass is 457 g/mol. The Balaban J connectivity index is 1.76. The Morgan fingerprint density at radius 2 is 2.00 bits per heavy atom. The molecule has 3 atom stereocenters. The Morgan fingerprint density at radius 3 is 2.70 bits per heavy atom. The van der Waals surface area contributed by atoms with E-state index in [-0.39, 0.29) is 42.6 Å². The Labute approximate surface area is 187 Å². The van der Waals surface area contributed by atoms with E-state index in [1.54, 1.807) is 6.92 Å². The van der Waals surface area contributed by atoms with Crippen LogP contribution >= 0.6 is 0 Å². The lowest BCUT2D eigenvalue weighted by molar-refractivity contribution is -0.183. The van der Waals surface area contributed by atoms with Crippen molar-refractivity contribution in [3.05, 3.63) is 46.2 Å². The van der Waals surface area contributed by atoms with Crippen LogP contribution in [-0.4, -0.2) is 43.9 Å². The van der Waals surface area contributed by atoms with Crippen molar-refractivity contribution in [1.29, 1.82) is 0 Å². The summed E-state index contributed by atoms with van der Waals surface area (Å²) in [5.41, 5.74) is 6.07. The van der Waals surface area contributed by atoms with Gasteiger partial charge in [0.25, 0.3) is 5.56 Å². The molecule has 3 N–H and O–H groups in total. The van der Waals surface area contributed by atoms with Crippen LogP contribution in [0.3, 0.4) is 0 Å². The van der Waals surface area contributed by atoms with Gasteiger partial charge in [-0.25, -0.2) is 4.57 Å². The van der Waals surface area contributed by atoms with E-state index in [1.165, 1.54) is 11.5 Å². The largest absolute Gasteiger partial charge is 0.460 e. The first-order valence-electron chi connectivity index (χ1n) is 10.3. The van der Waals surface area contributed by atoms with Crippen molar-refractivity contribution in [3.63, 3.8) is 0 Å². The Hall–Kier alpha value is -3.93. The molecule has 3 heterocycles. The summed E-state index contributed by atoms with van der Waals surface area (Å²) in [5, 5.41) is 0. The number of aromatic amines is 1. The lowest BCUT2D eigenvalue weighted by Gasteiger charge is -2.21. The predicted octanol–water partition coefficient (Wildman–Crippen LogP) is 1.41. The first-order chi connectivity index (χ1) is 15.9. The van der Waals surface area contributed by atoms with E-state index in [0.29, 0.717) is 0 Å². The first-order valence-corrected chi connectivity index (χ1v) is 10.3. The third kappa shape index (κ3) is 4.80. The summed E-state index contributed by atoms with van der Waals surface area (Å²) in [4.78, 5) is 46.8. The summed E-state index contributed by atoms with van der Waals surface area (Å²) in [5.74, 6) is -1.17. The average molecular weight is 457 g/mol. The molecule has 0 unspecified atom stereocenters. The number of anilines is 1. The topological polar surface area (TPSA) is 161 Å². The highest BCUT2D eigenvalue weighted by molar-refractivity contribution is 5.73. The van der Waals surface area contributed by atoms with Crippen LogP contribution in [0.4, 0.5) is 5.95 Å². The molecule has 1 aromatic carbocycles. The molecule has 4 rings (SSSR count). The molecule has 1 fully saturated rings. The normalized spacial score (nSPS) is 20.0. The summed E-state index contributed by atoms with van der Waals surface area (Å²) in [6.45, 7) is 3.04. The molecule has 0 bridgehead atoms. The minimum atomic E-state index is -1.03.